The Kier molecular flexibility index (Phi) is 4.37. The van der Waals surface area contributed by atoms with Crippen molar-refractivity contribution in [3.05, 3.63) is 40.1 Å². The van der Waals surface area contributed by atoms with Crippen LogP contribution in [0.15, 0.2) is 24.3 Å². The highest BCUT2D eigenvalue weighted by molar-refractivity contribution is 5.93. The number of nitrogens with one attached hydrogen (secondary N) is 1. The SMILES string of the molecule is Cc1cc(NCC(C)N(C)C)c2cc([N+](=O)[O-])ccc2n1. The molecule has 1 aromatic heterocycles. The van der Waals surface area contributed by atoms with Gasteiger partial charge in [0.2, 0.25) is 0 Å². The third-order valence-electron chi connectivity index (χ3n) is 3.60. The van der Waals surface area contributed by atoms with Crippen molar-refractivity contribution >= 4 is 22.3 Å². The van der Waals surface area contributed by atoms with Gasteiger partial charge in [-0.2, -0.15) is 0 Å². The van der Waals surface area contributed by atoms with E-state index in [1.54, 1.807) is 12.1 Å². The van der Waals surface area contributed by atoms with Crippen molar-refractivity contribution in [2.75, 3.05) is 26.0 Å². The number of hydrogen-bond acceptors (Lipinski definition) is 5. The fraction of sp³-hybridized carbons (Fsp3) is 0.400. The zero-order chi connectivity index (χ0) is 15.6. The summed E-state index contributed by atoms with van der Waals surface area (Å²) >= 11 is 0. The third-order valence-corrected chi connectivity index (χ3v) is 3.60. The van der Waals surface area contributed by atoms with Crippen LogP contribution in [0, 0.1) is 17.0 Å². The molecule has 0 aliphatic rings. The van der Waals surface area contributed by atoms with Gasteiger partial charge < -0.3 is 10.2 Å². The molecule has 6 nitrogen and oxygen atoms in total. The molecule has 1 unspecified atom stereocenters. The van der Waals surface area contributed by atoms with Gasteiger partial charge in [-0.1, -0.05) is 0 Å². The number of hydrogen-bond donors (Lipinski definition) is 1. The largest absolute Gasteiger partial charge is 0.383 e. The lowest BCUT2D eigenvalue weighted by Crippen LogP contribution is -2.31. The maximum Gasteiger partial charge on any atom is 0.270 e. The van der Waals surface area contributed by atoms with Gasteiger partial charge in [0.1, 0.15) is 0 Å². The fourth-order valence-electron chi connectivity index (χ4n) is 2.05. The average Bonchev–Trinajstić information content (AvgIpc) is 2.43. The molecule has 0 bridgehead atoms. The maximum absolute atomic E-state index is 10.9. The van der Waals surface area contributed by atoms with E-state index >= 15 is 0 Å². The molecule has 2 rings (SSSR count). The highest BCUT2D eigenvalue weighted by Crippen LogP contribution is 2.27. The summed E-state index contributed by atoms with van der Waals surface area (Å²) in [6.45, 7) is 4.79. The van der Waals surface area contributed by atoms with Crippen molar-refractivity contribution < 1.29 is 4.92 Å². The van der Waals surface area contributed by atoms with E-state index in [1.165, 1.54) is 6.07 Å². The van der Waals surface area contributed by atoms with E-state index in [1.807, 2.05) is 27.1 Å². The monoisotopic (exact) mass is 288 g/mol. The standard InChI is InChI=1S/C15H20N4O2/c1-10-7-15(16-9-11(2)18(3)4)13-8-12(19(20)21)5-6-14(13)17-10/h5-8,11H,9H2,1-4H3,(H,16,17). The second kappa shape index (κ2) is 6.05. The molecule has 0 spiro atoms. The minimum absolute atomic E-state index is 0.0804. The van der Waals surface area contributed by atoms with E-state index in [-0.39, 0.29) is 10.6 Å². The summed E-state index contributed by atoms with van der Waals surface area (Å²) in [6.07, 6.45) is 0. The molecule has 21 heavy (non-hydrogen) atoms. The predicted octanol–water partition coefficient (Wildman–Crippen LogP) is 2.81. The normalized spacial score (nSPS) is 12.6. The Morgan fingerprint density at radius 3 is 2.71 bits per heavy atom. The molecule has 6 heteroatoms. The van der Waals surface area contributed by atoms with E-state index in [0.29, 0.717) is 6.04 Å². The van der Waals surface area contributed by atoms with Gasteiger partial charge in [-0.25, -0.2) is 0 Å². The number of pyridine rings is 1. The number of benzene rings is 1. The van der Waals surface area contributed by atoms with Crippen molar-refractivity contribution in [3.63, 3.8) is 0 Å². The maximum atomic E-state index is 10.9. The lowest BCUT2D eigenvalue weighted by molar-refractivity contribution is -0.384. The number of fused-ring (bicyclic) bond motifs is 1. The van der Waals surface area contributed by atoms with Crippen LogP contribution in [0.25, 0.3) is 10.9 Å². The molecule has 0 saturated heterocycles. The highest BCUT2D eigenvalue weighted by atomic mass is 16.6. The number of anilines is 1. The molecule has 0 aliphatic carbocycles. The van der Waals surface area contributed by atoms with Gasteiger partial charge in [-0.3, -0.25) is 15.1 Å². The molecule has 1 aromatic carbocycles. The van der Waals surface area contributed by atoms with E-state index in [2.05, 4.69) is 22.1 Å². The number of nitro benzene ring substituents is 1. The summed E-state index contributed by atoms with van der Waals surface area (Å²) in [5.74, 6) is 0. The number of aryl methyl sites for hydroxylation is 1. The van der Waals surface area contributed by atoms with Gasteiger partial charge in [-0.15, -0.1) is 0 Å². The molecular weight excluding hydrogens is 268 g/mol. The smallest absolute Gasteiger partial charge is 0.270 e. The first-order chi connectivity index (χ1) is 9.88. The van der Waals surface area contributed by atoms with Crippen LogP contribution in [0.2, 0.25) is 0 Å². The second-order valence-corrected chi connectivity index (χ2v) is 5.46. The van der Waals surface area contributed by atoms with Crippen LogP contribution in [0.3, 0.4) is 0 Å². The number of nitro groups is 1. The number of aromatic nitrogens is 1. The van der Waals surface area contributed by atoms with Crippen LogP contribution in [0.4, 0.5) is 11.4 Å². The molecule has 2 aromatic rings. The lowest BCUT2D eigenvalue weighted by atomic mass is 10.1. The van der Waals surface area contributed by atoms with Crippen LogP contribution in [-0.4, -0.2) is 41.5 Å². The lowest BCUT2D eigenvalue weighted by Gasteiger charge is -2.21. The van der Waals surface area contributed by atoms with Gasteiger partial charge in [0.15, 0.2) is 0 Å². The average molecular weight is 288 g/mol. The summed E-state index contributed by atoms with van der Waals surface area (Å²) in [4.78, 5) is 17.1. The van der Waals surface area contributed by atoms with Gasteiger partial charge in [0.05, 0.1) is 10.4 Å². The summed E-state index contributed by atoms with van der Waals surface area (Å²) in [6, 6.07) is 7.04. The number of nitrogens with zero attached hydrogens (tertiary/aromatic N) is 3. The van der Waals surface area contributed by atoms with Gasteiger partial charge in [-0.05, 0) is 40.1 Å². The molecule has 0 amide bonds. The second-order valence-electron chi connectivity index (χ2n) is 5.46. The van der Waals surface area contributed by atoms with E-state index < -0.39 is 0 Å². The Bertz CT molecular complexity index is 670. The van der Waals surface area contributed by atoms with Crippen LogP contribution in [0.1, 0.15) is 12.6 Å². The Balaban J connectivity index is 2.40. The molecule has 0 saturated carbocycles. The zero-order valence-corrected chi connectivity index (χ0v) is 12.8. The molecule has 112 valence electrons. The van der Waals surface area contributed by atoms with Crippen molar-refractivity contribution in [1.29, 1.82) is 0 Å². The summed E-state index contributed by atoms with van der Waals surface area (Å²) in [7, 11) is 4.04. The van der Waals surface area contributed by atoms with Crippen LogP contribution in [-0.2, 0) is 0 Å². The van der Waals surface area contributed by atoms with Crippen LogP contribution in [0.5, 0.6) is 0 Å². The van der Waals surface area contributed by atoms with E-state index in [9.17, 15) is 10.1 Å². The van der Waals surface area contributed by atoms with Crippen molar-refractivity contribution in [3.8, 4) is 0 Å². The van der Waals surface area contributed by atoms with E-state index in [4.69, 9.17) is 0 Å². The molecule has 0 fully saturated rings. The van der Waals surface area contributed by atoms with Gasteiger partial charge >= 0.3 is 0 Å². The van der Waals surface area contributed by atoms with Gasteiger partial charge in [0, 0.05) is 41.5 Å². The van der Waals surface area contributed by atoms with Crippen molar-refractivity contribution in [2.24, 2.45) is 0 Å². The Labute approximate surface area is 123 Å². The summed E-state index contributed by atoms with van der Waals surface area (Å²) < 4.78 is 0. The van der Waals surface area contributed by atoms with Crippen LogP contribution < -0.4 is 5.32 Å². The molecule has 1 N–H and O–H groups in total. The van der Waals surface area contributed by atoms with E-state index in [0.717, 1.165) is 28.8 Å². The molecular formula is C15H20N4O2. The minimum atomic E-state index is -0.383. The summed E-state index contributed by atoms with van der Waals surface area (Å²) in [5, 5.41) is 15.1. The van der Waals surface area contributed by atoms with Gasteiger partial charge in [0.25, 0.3) is 5.69 Å². The predicted molar refractivity (Wildman–Crippen MR) is 84.8 cm³/mol. The van der Waals surface area contributed by atoms with Crippen molar-refractivity contribution in [1.82, 2.24) is 9.88 Å². The molecule has 1 atom stereocenters. The first kappa shape index (κ1) is 15.2. The highest BCUT2D eigenvalue weighted by Gasteiger charge is 2.12. The quantitative estimate of drug-likeness (QED) is 0.676. The minimum Gasteiger partial charge on any atom is -0.383 e. The molecule has 0 radical (unpaired) electrons. The first-order valence-electron chi connectivity index (χ1n) is 6.84. The number of likely N-dealkylation sites (N-methyl/N-ethyl adjacent to an activating group) is 1. The third kappa shape index (κ3) is 3.46. The number of non-ortho nitro benzene ring substituents is 1. The van der Waals surface area contributed by atoms with Crippen LogP contribution >= 0.6 is 0 Å². The molecule has 0 aliphatic heterocycles. The Morgan fingerprint density at radius 1 is 1.38 bits per heavy atom. The Morgan fingerprint density at radius 2 is 2.10 bits per heavy atom. The first-order valence-corrected chi connectivity index (χ1v) is 6.84. The van der Waals surface area contributed by atoms with Crippen molar-refractivity contribution in [2.45, 2.75) is 19.9 Å². The topological polar surface area (TPSA) is 71.3 Å². The fourth-order valence-corrected chi connectivity index (χ4v) is 2.05. The Hall–Kier alpha value is -2.21. The molecule has 1 heterocycles. The zero-order valence-electron chi connectivity index (χ0n) is 12.8. The number of rotatable bonds is 5. The summed E-state index contributed by atoms with van der Waals surface area (Å²) in [5.41, 5.74) is 2.61.